The van der Waals surface area contributed by atoms with Gasteiger partial charge in [0.15, 0.2) is 0 Å². The summed E-state index contributed by atoms with van der Waals surface area (Å²) in [6.07, 6.45) is 12.3. The van der Waals surface area contributed by atoms with Gasteiger partial charge in [0.1, 0.15) is 0 Å². The molecule has 2 aliphatic rings. The highest BCUT2D eigenvalue weighted by atomic mass is 15.2. The monoisotopic (exact) mass is 273 g/mol. The third-order valence-corrected chi connectivity index (χ3v) is 5.44. The second-order valence-corrected chi connectivity index (χ2v) is 6.83. The number of aromatic nitrogens is 1. The molecule has 0 radical (unpaired) electrons. The molecule has 0 bridgehead atoms. The molecule has 1 aromatic rings. The van der Waals surface area contributed by atoms with Crippen LogP contribution in [0.15, 0.2) is 24.5 Å². The number of hydrogen-bond donors (Lipinski definition) is 1. The molecule has 0 amide bonds. The molecule has 1 aliphatic carbocycles. The highest BCUT2D eigenvalue weighted by molar-refractivity contribution is 5.16. The molecule has 2 unspecified atom stereocenters. The molecule has 20 heavy (non-hydrogen) atoms. The zero-order valence-electron chi connectivity index (χ0n) is 12.6. The zero-order valence-corrected chi connectivity index (χ0v) is 12.6. The summed E-state index contributed by atoms with van der Waals surface area (Å²) in [5.74, 6) is 0. The Morgan fingerprint density at radius 3 is 2.45 bits per heavy atom. The molecule has 2 fully saturated rings. The zero-order chi connectivity index (χ0) is 14.0. The van der Waals surface area contributed by atoms with Gasteiger partial charge in [0, 0.05) is 18.4 Å². The summed E-state index contributed by atoms with van der Waals surface area (Å²) in [5, 5.41) is 0. The third kappa shape index (κ3) is 2.75. The smallest absolute Gasteiger partial charge is 0.0511 e. The number of pyridine rings is 1. The van der Waals surface area contributed by atoms with Crippen molar-refractivity contribution in [3.8, 4) is 0 Å². The van der Waals surface area contributed by atoms with Crippen LogP contribution in [0.1, 0.15) is 57.1 Å². The van der Waals surface area contributed by atoms with Gasteiger partial charge in [0.2, 0.25) is 0 Å². The molecule has 2 N–H and O–H groups in total. The summed E-state index contributed by atoms with van der Waals surface area (Å²) < 4.78 is 0. The Morgan fingerprint density at radius 1 is 1.20 bits per heavy atom. The summed E-state index contributed by atoms with van der Waals surface area (Å²) >= 11 is 0. The van der Waals surface area contributed by atoms with E-state index in [4.69, 9.17) is 5.73 Å². The lowest BCUT2D eigenvalue weighted by Crippen LogP contribution is -2.46. The first-order valence-corrected chi connectivity index (χ1v) is 8.10. The van der Waals surface area contributed by atoms with Crippen molar-refractivity contribution in [1.29, 1.82) is 0 Å². The normalized spacial score (nSPS) is 25.7. The number of nitrogens with zero attached hydrogens (tertiary/aromatic N) is 2. The van der Waals surface area contributed by atoms with E-state index in [-0.39, 0.29) is 6.04 Å². The van der Waals surface area contributed by atoms with Crippen molar-refractivity contribution in [2.75, 3.05) is 13.1 Å². The molecule has 2 atom stereocenters. The van der Waals surface area contributed by atoms with Crippen LogP contribution in [0, 0.1) is 5.41 Å². The van der Waals surface area contributed by atoms with Gasteiger partial charge in [-0.25, -0.2) is 0 Å². The van der Waals surface area contributed by atoms with Gasteiger partial charge in [0.25, 0.3) is 0 Å². The van der Waals surface area contributed by atoms with E-state index in [1.165, 1.54) is 57.2 Å². The summed E-state index contributed by atoms with van der Waals surface area (Å²) in [6, 6.07) is 4.66. The molecule has 1 aliphatic heterocycles. The fraction of sp³-hybridized carbons (Fsp3) is 0.706. The number of likely N-dealkylation sites (tertiary alicyclic amines) is 1. The molecule has 1 saturated heterocycles. The van der Waals surface area contributed by atoms with Crippen LogP contribution < -0.4 is 5.73 Å². The van der Waals surface area contributed by atoms with Gasteiger partial charge in [-0.2, -0.15) is 0 Å². The van der Waals surface area contributed by atoms with Crippen molar-refractivity contribution in [3.05, 3.63) is 30.1 Å². The molecule has 1 saturated carbocycles. The average molecular weight is 273 g/mol. The third-order valence-electron chi connectivity index (χ3n) is 5.44. The highest BCUT2D eigenvalue weighted by Gasteiger charge is 2.39. The maximum Gasteiger partial charge on any atom is 0.0511 e. The first kappa shape index (κ1) is 14.0. The lowest BCUT2D eigenvalue weighted by Gasteiger charge is -2.44. The van der Waals surface area contributed by atoms with Crippen molar-refractivity contribution in [3.63, 3.8) is 0 Å². The van der Waals surface area contributed by atoms with Crippen LogP contribution in [0.5, 0.6) is 0 Å². The summed E-state index contributed by atoms with van der Waals surface area (Å²) in [7, 11) is 0. The standard InChI is InChI=1S/C17H27N3/c1-14(18)16(15-5-4-10-19-13-15)20-11-8-17(9-12-20)6-2-3-7-17/h4-5,10,13-14,16H,2-3,6-9,11-12,18H2,1H3. The van der Waals surface area contributed by atoms with Gasteiger partial charge in [-0.1, -0.05) is 18.9 Å². The summed E-state index contributed by atoms with van der Waals surface area (Å²) in [5.41, 5.74) is 8.22. The molecule has 1 spiro atoms. The fourth-order valence-electron chi connectivity index (χ4n) is 4.30. The minimum atomic E-state index is 0.150. The van der Waals surface area contributed by atoms with Crippen molar-refractivity contribution >= 4 is 0 Å². The predicted octanol–water partition coefficient (Wildman–Crippen LogP) is 3.13. The second kappa shape index (κ2) is 5.82. The molecule has 1 aromatic heterocycles. The van der Waals surface area contributed by atoms with Crippen LogP contribution >= 0.6 is 0 Å². The lowest BCUT2D eigenvalue weighted by molar-refractivity contribution is 0.0676. The first-order valence-electron chi connectivity index (χ1n) is 8.10. The Hall–Kier alpha value is -0.930. The molecule has 3 rings (SSSR count). The van der Waals surface area contributed by atoms with Gasteiger partial charge in [-0.3, -0.25) is 9.88 Å². The largest absolute Gasteiger partial charge is 0.326 e. The van der Waals surface area contributed by atoms with Crippen molar-refractivity contribution < 1.29 is 0 Å². The highest BCUT2D eigenvalue weighted by Crippen LogP contribution is 2.47. The SMILES string of the molecule is CC(N)C(c1cccnc1)N1CCC2(CCCC2)CC1. The molecule has 3 nitrogen and oxygen atoms in total. The van der Waals surface area contributed by atoms with Gasteiger partial charge in [0.05, 0.1) is 6.04 Å². The maximum absolute atomic E-state index is 6.28. The van der Waals surface area contributed by atoms with Gasteiger partial charge in [-0.15, -0.1) is 0 Å². The summed E-state index contributed by atoms with van der Waals surface area (Å²) in [4.78, 5) is 6.86. The van der Waals surface area contributed by atoms with Crippen molar-refractivity contribution in [2.24, 2.45) is 11.1 Å². The van der Waals surface area contributed by atoms with Gasteiger partial charge < -0.3 is 5.73 Å². The average Bonchev–Trinajstić information content (AvgIpc) is 2.91. The molecule has 0 aromatic carbocycles. The minimum absolute atomic E-state index is 0.150. The fourth-order valence-corrected chi connectivity index (χ4v) is 4.30. The van der Waals surface area contributed by atoms with E-state index in [0.29, 0.717) is 11.5 Å². The van der Waals surface area contributed by atoms with E-state index in [9.17, 15) is 0 Å². The Balaban J connectivity index is 1.71. The molecular weight excluding hydrogens is 246 g/mol. The Kier molecular flexibility index (Phi) is 4.08. The molecule has 110 valence electrons. The Bertz CT molecular complexity index is 413. The van der Waals surface area contributed by atoms with Gasteiger partial charge >= 0.3 is 0 Å². The molecular formula is C17H27N3. The quantitative estimate of drug-likeness (QED) is 0.920. The van der Waals surface area contributed by atoms with Crippen molar-refractivity contribution in [1.82, 2.24) is 9.88 Å². The Morgan fingerprint density at radius 2 is 1.90 bits per heavy atom. The van der Waals surface area contributed by atoms with E-state index >= 15 is 0 Å². The number of rotatable bonds is 3. The van der Waals surface area contributed by atoms with Crippen LogP contribution in [-0.2, 0) is 0 Å². The topological polar surface area (TPSA) is 42.1 Å². The second-order valence-electron chi connectivity index (χ2n) is 6.83. The lowest BCUT2D eigenvalue weighted by atomic mass is 9.76. The number of hydrogen-bond acceptors (Lipinski definition) is 3. The van der Waals surface area contributed by atoms with Crippen LogP contribution in [0.3, 0.4) is 0 Å². The first-order chi connectivity index (χ1) is 9.70. The molecule has 3 heteroatoms. The van der Waals surface area contributed by atoms with E-state index in [0.717, 1.165) is 0 Å². The van der Waals surface area contributed by atoms with Crippen LogP contribution in [0.2, 0.25) is 0 Å². The molecule has 2 heterocycles. The van der Waals surface area contributed by atoms with E-state index in [2.05, 4.69) is 22.9 Å². The van der Waals surface area contributed by atoms with E-state index in [1.54, 1.807) is 0 Å². The minimum Gasteiger partial charge on any atom is -0.326 e. The van der Waals surface area contributed by atoms with Gasteiger partial charge in [-0.05, 0) is 62.7 Å². The van der Waals surface area contributed by atoms with Crippen LogP contribution in [0.25, 0.3) is 0 Å². The summed E-state index contributed by atoms with van der Waals surface area (Å²) in [6.45, 7) is 4.51. The van der Waals surface area contributed by atoms with Crippen LogP contribution in [0.4, 0.5) is 0 Å². The van der Waals surface area contributed by atoms with Crippen molar-refractivity contribution in [2.45, 2.75) is 57.5 Å². The maximum atomic E-state index is 6.28. The number of piperidine rings is 1. The number of nitrogens with two attached hydrogens (primary N) is 1. The van der Waals surface area contributed by atoms with E-state index in [1.807, 2.05) is 18.5 Å². The predicted molar refractivity (Wildman–Crippen MR) is 82.3 cm³/mol. The van der Waals surface area contributed by atoms with Crippen LogP contribution in [-0.4, -0.2) is 29.0 Å². The van der Waals surface area contributed by atoms with E-state index < -0.39 is 0 Å². The Labute approximate surface area is 122 Å².